The molecule has 3 aromatic heterocycles. The molecule has 6 aromatic carbocycles. The number of nitrogens with zero attached hydrogens (tertiary/aromatic N) is 3. The maximum atomic E-state index is 10.0. The van der Waals surface area contributed by atoms with Crippen molar-refractivity contribution in [1.82, 2.24) is 15.0 Å². The fourth-order valence-electron chi connectivity index (χ4n) is 6.07. The molecule has 3 heterocycles. The largest absolute Gasteiger partial charge is 0.512 e. The van der Waals surface area contributed by atoms with Crippen molar-refractivity contribution in [2.45, 2.75) is 13.8 Å². The zero-order chi connectivity index (χ0) is 42.5. The van der Waals surface area contributed by atoms with Crippen molar-refractivity contribution in [2.75, 3.05) is 0 Å². The van der Waals surface area contributed by atoms with Crippen LogP contribution in [0.2, 0.25) is 0 Å². The number of carbonyl (C=O) groups excluding carboxylic acids is 1. The Labute approximate surface area is 417 Å². The number of allylic oxidation sites excluding steroid dienone is 2. The van der Waals surface area contributed by atoms with Crippen LogP contribution in [0.4, 0.5) is 0 Å². The number of aliphatic hydroxyl groups excluding tert-OH is 1. The quantitative estimate of drug-likeness (QED) is 0.0978. The second-order valence-corrected chi connectivity index (χ2v) is 13.6. The van der Waals surface area contributed by atoms with Gasteiger partial charge in [-0.3, -0.25) is 4.79 Å². The van der Waals surface area contributed by atoms with Crippen molar-refractivity contribution in [3.8, 4) is 67.2 Å². The minimum Gasteiger partial charge on any atom is -0.512 e. The van der Waals surface area contributed by atoms with E-state index in [1.54, 1.807) is 18.6 Å². The molecule has 3 radical (unpaired) electrons. The SMILES string of the molecule is CC(=O)C=C(C)O.[Ir].[Ir].[Ir].[c-]1cc(-c2ccccc2)ccc1-c1ccccn1.[c-]1cc(-c2ccccc2)ccc1-c1ccccn1.[c-]1ccc(-c2ccccc2)cc1-c1ccccn1. The Morgan fingerprint density at radius 3 is 1.11 bits per heavy atom. The molecular weight excluding hydrogens is 1320 g/mol. The van der Waals surface area contributed by atoms with Crippen LogP contribution in [0.25, 0.3) is 67.2 Å². The molecule has 0 saturated carbocycles. The number of benzene rings is 6. The van der Waals surface area contributed by atoms with Crippen LogP contribution in [0, 0.1) is 18.2 Å². The molecule has 64 heavy (non-hydrogen) atoms. The number of carbonyl (C=O) groups is 1. The minimum absolute atomic E-state index is 0. The van der Waals surface area contributed by atoms with Crippen molar-refractivity contribution in [3.63, 3.8) is 0 Å². The summed E-state index contributed by atoms with van der Waals surface area (Å²) in [5, 5.41) is 8.36. The van der Waals surface area contributed by atoms with Gasteiger partial charge in [-0.25, -0.2) is 0 Å². The molecule has 0 bridgehead atoms. The van der Waals surface area contributed by atoms with E-state index >= 15 is 0 Å². The first kappa shape index (κ1) is 52.3. The minimum atomic E-state index is -0.125. The first-order valence-corrected chi connectivity index (χ1v) is 19.8. The molecule has 8 heteroatoms. The van der Waals surface area contributed by atoms with E-state index in [9.17, 15) is 4.79 Å². The predicted molar refractivity (Wildman–Crippen MR) is 249 cm³/mol. The predicted octanol–water partition coefficient (Wildman–Crippen LogP) is 13.7. The Hall–Kier alpha value is -6.07. The van der Waals surface area contributed by atoms with Gasteiger partial charge in [0, 0.05) is 85.0 Å². The van der Waals surface area contributed by atoms with Crippen LogP contribution in [0.5, 0.6) is 0 Å². The summed E-state index contributed by atoms with van der Waals surface area (Å²) in [6, 6.07) is 77.0. The monoisotopic (exact) mass is 1370 g/mol. The topological polar surface area (TPSA) is 76.0 Å². The first-order valence-electron chi connectivity index (χ1n) is 19.8. The van der Waals surface area contributed by atoms with Gasteiger partial charge in [0.2, 0.25) is 0 Å². The van der Waals surface area contributed by atoms with Crippen molar-refractivity contribution in [2.24, 2.45) is 0 Å². The number of hydrogen-bond acceptors (Lipinski definition) is 5. The molecule has 0 aliphatic rings. The second kappa shape index (κ2) is 28.6. The summed E-state index contributed by atoms with van der Waals surface area (Å²) in [6.45, 7) is 2.85. The van der Waals surface area contributed by atoms with Crippen LogP contribution < -0.4 is 0 Å². The third kappa shape index (κ3) is 16.9. The van der Waals surface area contributed by atoms with Crippen LogP contribution >= 0.6 is 0 Å². The summed E-state index contributed by atoms with van der Waals surface area (Å²) in [5.41, 5.74) is 13.1. The molecule has 5 nitrogen and oxygen atoms in total. The zero-order valence-corrected chi connectivity index (χ0v) is 42.2. The summed E-state index contributed by atoms with van der Waals surface area (Å²) in [5.74, 6) is -0.0625. The maximum Gasteiger partial charge on any atom is 0.155 e. The van der Waals surface area contributed by atoms with Gasteiger partial charge in [0.25, 0.3) is 0 Å². The van der Waals surface area contributed by atoms with E-state index in [4.69, 9.17) is 5.11 Å². The van der Waals surface area contributed by atoms with Gasteiger partial charge in [-0.15, -0.1) is 95.1 Å². The second-order valence-electron chi connectivity index (χ2n) is 13.6. The third-order valence-electron chi connectivity index (χ3n) is 8.98. The Kier molecular flexibility index (Phi) is 23.3. The molecular formula is C56H44Ir3N3O2-3. The summed E-state index contributed by atoms with van der Waals surface area (Å²) in [6.07, 6.45) is 6.57. The van der Waals surface area contributed by atoms with Crippen molar-refractivity contribution in [1.29, 1.82) is 0 Å². The van der Waals surface area contributed by atoms with Gasteiger partial charge in [-0.1, -0.05) is 150 Å². The van der Waals surface area contributed by atoms with Gasteiger partial charge in [0.1, 0.15) is 0 Å². The smallest absolute Gasteiger partial charge is 0.155 e. The van der Waals surface area contributed by atoms with Gasteiger partial charge < -0.3 is 20.1 Å². The van der Waals surface area contributed by atoms with E-state index in [-0.39, 0.29) is 71.9 Å². The van der Waals surface area contributed by atoms with E-state index in [0.717, 1.165) is 33.8 Å². The molecule has 325 valence electrons. The number of rotatable bonds is 7. The fraction of sp³-hybridized carbons (Fsp3) is 0.0357. The van der Waals surface area contributed by atoms with E-state index < -0.39 is 0 Å². The Balaban J connectivity index is 0.000000233. The number of ketones is 1. The van der Waals surface area contributed by atoms with E-state index in [0.29, 0.717) is 0 Å². The van der Waals surface area contributed by atoms with E-state index in [1.165, 1.54) is 53.3 Å². The van der Waals surface area contributed by atoms with Gasteiger partial charge in [0.15, 0.2) is 5.78 Å². The molecule has 9 aromatic rings. The van der Waals surface area contributed by atoms with E-state index in [2.05, 4.69) is 106 Å². The molecule has 1 N–H and O–H groups in total. The number of pyridine rings is 3. The van der Waals surface area contributed by atoms with Gasteiger partial charge in [-0.2, -0.15) is 0 Å². The molecule has 0 spiro atoms. The average Bonchev–Trinajstić information content (AvgIpc) is 3.34. The maximum absolute atomic E-state index is 10.0. The third-order valence-corrected chi connectivity index (χ3v) is 8.98. The fourth-order valence-corrected chi connectivity index (χ4v) is 6.07. The van der Waals surface area contributed by atoms with Gasteiger partial charge in [-0.05, 0) is 54.7 Å². The number of aromatic nitrogens is 3. The Bertz CT molecular complexity index is 2400. The number of hydrogen-bond donors (Lipinski definition) is 1. The molecule has 9 rings (SSSR count). The van der Waals surface area contributed by atoms with Gasteiger partial charge >= 0.3 is 0 Å². The van der Waals surface area contributed by atoms with Crippen LogP contribution in [-0.2, 0) is 65.1 Å². The van der Waals surface area contributed by atoms with Crippen LogP contribution in [0.3, 0.4) is 0 Å². The summed E-state index contributed by atoms with van der Waals surface area (Å²) in [4.78, 5) is 23.0. The van der Waals surface area contributed by atoms with Crippen molar-refractivity contribution >= 4 is 5.78 Å². The first-order chi connectivity index (χ1) is 29.9. The summed E-state index contributed by atoms with van der Waals surface area (Å²) < 4.78 is 0. The van der Waals surface area contributed by atoms with Crippen LogP contribution in [0.1, 0.15) is 13.8 Å². The van der Waals surface area contributed by atoms with Crippen molar-refractivity contribution in [3.05, 3.63) is 249 Å². The molecule has 0 saturated heterocycles. The summed E-state index contributed by atoms with van der Waals surface area (Å²) >= 11 is 0. The molecule has 0 aliphatic carbocycles. The molecule has 0 aliphatic heterocycles. The van der Waals surface area contributed by atoms with Crippen molar-refractivity contribution < 1.29 is 70.2 Å². The Morgan fingerprint density at radius 1 is 0.422 bits per heavy atom. The average molecular weight is 1370 g/mol. The normalized spacial score (nSPS) is 9.88. The standard InChI is InChI=1S/3C17H12N.C5H8O2.3Ir/c1-2-7-14(8-3-1)15-9-6-10-16(13-15)17-11-4-5-12-18-17;2*1-2-6-14(7-3-1)15-9-11-16(12-10-15)17-8-4-5-13-18-17;1-4(6)3-5(2)7;;;/h1-9,11-13H;2*1-11,13H;3,6H,1-2H3;;;/q3*-1;;;;. The van der Waals surface area contributed by atoms with Crippen LogP contribution in [-0.4, -0.2) is 25.8 Å². The zero-order valence-electron chi connectivity index (χ0n) is 35.1. The Morgan fingerprint density at radius 2 is 0.797 bits per heavy atom. The molecule has 0 unspecified atom stereocenters. The van der Waals surface area contributed by atoms with Crippen LogP contribution in [0.15, 0.2) is 231 Å². The van der Waals surface area contributed by atoms with Gasteiger partial charge in [0.05, 0.1) is 5.76 Å². The molecule has 0 amide bonds. The van der Waals surface area contributed by atoms with E-state index in [1.807, 2.05) is 127 Å². The summed E-state index contributed by atoms with van der Waals surface area (Å²) in [7, 11) is 0. The molecule has 0 fully saturated rings. The number of aliphatic hydroxyl groups is 1. The molecule has 0 atom stereocenters.